The lowest BCUT2D eigenvalue weighted by molar-refractivity contribution is 0.374. The summed E-state index contributed by atoms with van der Waals surface area (Å²) in [6.45, 7) is 4.67. The molecule has 1 heterocycles. The summed E-state index contributed by atoms with van der Waals surface area (Å²) in [6, 6.07) is 5.26. The minimum absolute atomic E-state index is 0.220. The molecule has 0 aliphatic carbocycles. The molecule has 2 rings (SSSR count). The SMILES string of the molecule is CCC(CC)(CN)c1nc2c(S(C)(=O)=O)cccc2n1C. The molecule has 1 aromatic carbocycles. The van der Waals surface area contributed by atoms with Crippen molar-refractivity contribution in [1.29, 1.82) is 0 Å². The molecule has 0 amide bonds. The number of aromatic nitrogens is 2. The molecule has 21 heavy (non-hydrogen) atoms. The normalized spacial score (nSPS) is 13.0. The van der Waals surface area contributed by atoms with Crippen LogP contribution in [-0.4, -0.2) is 30.8 Å². The van der Waals surface area contributed by atoms with Gasteiger partial charge in [0.05, 0.1) is 10.4 Å². The maximum atomic E-state index is 12.0. The van der Waals surface area contributed by atoms with Crippen molar-refractivity contribution < 1.29 is 8.42 Å². The predicted octanol–water partition coefficient (Wildman–Crippen LogP) is 1.99. The van der Waals surface area contributed by atoms with Gasteiger partial charge in [-0.3, -0.25) is 0 Å². The van der Waals surface area contributed by atoms with Crippen molar-refractivity contribution in [2.24, 2.45) is 12.8 Å². The number of para-hydroxylation sites is 1. The number of benzene rings is 1. The van der Waals surface area contributed by atoms with E-state index in [-0.39, 0.29) is 10.3 Å². The van der Waals surface area contributed by atoms with Crippen molar-refractivity contribution in [2.45, 2.75) is 37.0 Å². The number of imidazole rings is 1. The summed E-state index contributed by atoms with van der Waals surface area (Å²) in [6.07, 6.45) is 2.95. The molecular formula is C15H23N3O2S. The molecule has 1 aromatic heterocycles. The summed E-state index contributed by atoms with van der Waals surface area (Å²) < 4.78 is 25.9. The van der Waals surface area contributed by atoms with Crippen LogP contribution >= 0.6 is 0 Å². The van der Waals surface area contributed by atoms with Crippen LogP contribution in [0.25, 0.3) is 11.0 Å². The van der Waals surface area contributed by atoms with Crippen molar-refractivity contribution in [2.75, 3.05) is 12.8 Å². The minimum atomic E-state index is -3.31. The van der Waals surface area contributed by atoms with Gasteiger partial charge in [0.25, 0.3) is 0 Å². The van der Waals surface area contributed by atoms with Gasteiger partial charge in [-0.15, -0.1) is 0 Å². The number of sulfone groups is 1. The molecule has 0 aliphatic rings. The monoisotopic (exact) mass is 309 g/mol. The average Bonchev–Trinajstić information content (AvgIpc) is 2.79. The number of fused-ring (bicyclic) bond motifs is 1. The van der Waals surface area contributed by atoms with E-state index in [2.05, 4.69) is 18.8 Å². The maximum Gasteiger partial charge on any atom is 0.177 e. The summed E-state index contributed by atoms with van der Waals surface area (Å²) in [4.78, 5) is 4.95. The van der Waals surface area contributed by atoms with Crippen molar-refractivity contribution in [1.82, 2.24) is 9.55 Å². The highest BCUT2D eigenvalue weighted by molar-refractivity contribution is 7.91. The molecule has 0 aliphatic heterocycles. The van der Waals surface area contributed by atoms with E-state index < -0.39 is 9.84 Å². The van der Waals surface area contributed by atoms with E-state index in [0.29, 0.717) is 12.1 Å². The van der Waals surface area contributed by atoms with Gasteiger partial charge in [-0.25, -0.2) is 13.4 Å². The van der Waals surface area contributed by atoms with E-state index >= 15 is 0 Å². The second-order valence-electron chi connectivity index (χ2n) is 5.58. The molecular weight excluding hydrogens is 286 g/mol. The Labute approximate surface area is 126 Å². The van der Waals surface area contributed by atoms with Crippen molar-refractivity contribution in [3.63, 3.8) is 0 Å². The van der Waals surface area contributed by atoms with Crippen LogP contribution in [0.3, 0.4) is 0 Å². The Bertz CT molecular complexity index is 750. The summed E-state index contributed by atoms with van der Waals surface area (Å²) in [5, 5.41) is 0. The third-order valence-electron chi connectivity index (χ3n) is 4.49. The van der Waals surface area contributed by atoms with Crippen LogP contribution in [0.5, 0.6) is 0 Å². The molecule has 2 aromatic rings. The Morgan fingerprint density at radius 2 is 1.90 bits per heavy atom. The number of aryl methyl sites for hydroxylation is 1. The first-order chi connectivity index (χ1) is 9.80. The zero-order valence-electron chi connectivity index (χ0n) is 13.0. The highest BCUT2D eigenvalue weighted by Gasteiger charge is 2.32. The summed E-state index contributed by atoms with van der Waals surface area (Å²) >= 11 is 0. The number of hydrogen-bond donors (Lipinski definition) is 1. The van der Waals surface area contributed by atoms with Gasteiger partial charge >= 0.3 is 0 Å². The molecule has 0 bridgehead atoms. The molecule has 0 saturated heterocycles. The Morgan fingerprint density at radius 1 is 1.29 bits per heavy atom. The molecule has 0 spiro atoms. The number of rotatable bonds is 5. The van der Waals surface area contributed by atoms with Gasteiger partial charge in [-0.2, -0.15) is 0 Å². The molecule has 0 radical (unpaired) electrons. The second kappa shape index (κ2) is 5.42. The molecule has 0 unspecified atom stereocenters. The van der Waals surface area contributed by atoms with E-state index in [1.54, 1.807) is 12.1 Å². The minimum Gasteiger partial charge on any atom is -0.331 e. The van der Waals surface area contributed by atoms with Crippen LogP contribution in [0, 0.1) is 0 Å². The summed E-state index contributed by atoms with van der Waals surface area (Å²) in [7, 11) is -1.38. The molecule has 116 valence electrons. The molecule has 6 heteroatoms. The van der Waals surface area contributed by atoms with Crippen LogP contribution in [-0.2, 0) is 22.3 Å². The maximum absolute atomic E-state index is 12.0. The second-order valence-corrected chi connectivity index (χ2v) is 7.57. The first kappa shape index (κ1) is 16.0. The van der Waals surface area contributed by atoms with Crippen LogP contribution in [0.2, 0.25) is 0 Å². The first-order valence-electron chi connectivity index (χ1n) is 7.16. The van der Waals surface area contributed by atoms with E-state index in [4.69, 9.17) is 5.73 Å². The van der Waals surface area contributed by atoms with Gasteiger partial charge < -0.3 is 10.3 Å². The van der Waals surface area contributed by atoms with E-state index in [1.807, 2.05) is 17.7 Å². The third kappa shape index (κ3) is 2.46. The van der Waals surface area contributed by atoms with Crippen molar-refractivity contribution >= 4 is 20.9 Å². The zero-order valence-corrected chi connectivity index (χ0v) is 13.9. The molecule has 0 fully saturated rings. The quantitative estimate of drug-likeness (QED) is 0.916. The lowest BCUT2D eigenvalue weighted by Crippen LogP contribution is -2.36. The first-order valence-corrected chi connectivity index (χ1v) is 9.06. The molecule has 2 N–H and O–H groups in total. The largest absolute Gasteiger partial charge is 0.331 e. The standard InChI is InChI=1S/C15H23N3O2S/c1-5-15(6-2,10-16)14-17-13-11(18(14)3)8-7-9-12(13)21(4,19)20/h7-9H,5-6,10,16H2,1-4H3. The molecule has 5 nitrogen and oxygen atoms in total. The Balaban J connectivity index is 2.84. The predicted molar refractivity (Wildman–Crippen MR) is 85.1 cm³/mol. The Hall–Kier alpha value is -1.40. The number of hydrogen-bond acceptors (Lipinski definition) is 4. The number of nitrogens with zero attached hydrogens (tertiary/aromatic N) is 2. The third-order valence-corrected chi connectivity index (χ3v) is 5.62. The van der Waals surface area contributed by atoms with Crippen LogP contribution in [0.4, 0.5) is 0 Å². The van der Waals surface area contributed by atoms with Gasteiger partial charge in [0.2, 0.25) is 0 Å². The van der Waals surface area contributed by atoms with E-state index in [1.165, 1.54) is 6.26 Å². The summed E-state index contributed by atoms with van der Waals surface area (Å²) in [5.74, 6) is 0.862. The highest BCUT2D eigenvalue weighted by Crippen LogP contribution is 2.33. The van der Waals surface area contributed by atoms with Gasteiger partial charge in [-0.05, 0) is 25.0 Å². The lowest BCUT2D eigenvalue weighted by atomic mass is 9.81. The van der Waals surface area contributed by atoms with Gasteiger partial charge in [0.1, 0.15) is 11.3 Å². The fourth-order valence-electron chi connectivity index (χ4n) is 2.91. The molecule has 0 saturated carbocycles. The van der Waals surface area contributed by atoms with Crippen molar-refractivity contribution in [3.8, 4) is 0 Å². The molecule has 0 atom stereocenters. The fourth-order valence-corrected chi connectivity index (χ4v) is 3.74. The lowest BCUT2D eigenvalue weighted by Gasteiger charge is -2.29. The van der Waals surface area contributed by atoms with Crippen LogP contribution in [0.1, 0.15) is 32.5 Å². The van der Waals surface area contributed by atoms with E-state index in [0.717, 1.165) is 24.2 Å². The highest BCUT2D eigenvalue weighted by atomic mass is 32.2. The summed E-state index contributed by atoms with van der Waals surface area (Å²) in [5.41, 5.74) is 7.15. The fraction of sp³-hybridized carbons (Fsp3) is 0.533. The smallest absolute Gasteiger partial charge is 0.177 e. The van der Waals surface area contributed by atoms with E-state index in [9.17, 15) is 8.42 Å². The Kier molecular flexibility index (Phi) is 4.13. The average molecular weight is 309 g/mol. The topological polar surface area (TPSA) is 78.0 Å². The van der Waals surface area contributed by atoms with Crippen LogP contribution < -0.4 is 5.73 Å². The van der Waals surface area contributed by atoms with Crippen LogP contribution in [0.15, 0.2) is 23.1 Å². The zero-order chi connectivity index (χ0) is 15.8. The van der Waals surface area contributed by atoms with Gasteiger partial charge in [0, 0.05) is 25.3 Å². The van der Waals surface area contributed by atoms with Crippen molar-refractivity contribution in [3.05, 3.63) is 24.0 Å². The number of nitrogens with two attached hydrogens (primary N) is 1. The van der Waals surface area contributed by atoms with Gasteiger partial charge in [-0.1, -0.05) is 19.9 Å². The van der Waals surface area contributed by atoms with Gasteiger partial charge in [0.15, 0.2) is 9.84 Å². The Morgan fingerprint density at radius 3 is 2.38 bits per heavy atom.